The molecule has 0 aliphatic heterocycles. The Kier molecular flexibility index (Phi) is 6.55. The van der Waals surface area contributed by atoms with Gasteiger partial charge in [-0.25, -0.2) is 0 Å². The number of halogens is 4. The Bertz CT molecular complexity index is 894. The van der Waals surface area contributed by atoms with Gasteiger partial charge in [-0.05, 0) is 36.4 Å². The second kappa shape index (κ2) is 8.88. The molecule has 3 aromatic rings. The predicted octanol–water partition coefficient (Wildman–Crippen LogP) is 7.49. The van der Waals surface area contributed by atoms with E-state index in [0.29, 0.717) is 33.2 Å². The lowest BCUT2D eigenvalue weighted by molar-refractivity contribution is 0.303. The van der Waals surface area contributed by atoms with Crippen LogP contribution in [0.5, 0.6) is 5.75 Å². The zero-order chi connectivity index (χ0) is 18.5. The van der Waals surface area contributed by atoms with Crippen molar-refractivity contribution in [3.63, 3.8) is 0 Å². The minimum atomic E-state index is 0.294. The molecule has 2 nitrogen and oxygen atoms in total. The van der Waals surface area contributed by atoms with Crippen LogP contribution in [0.4, 0.5) is 5.69 Å². The topological polar surface area (TPSA) is 21.3 Å². The third-order valence-electron chi connectivity index (χ3n) is 3.81. The van der Waals surface area contributed by atoms with E-state index >= 15 is 0 Å². The van der Waals surface area contributed by atoms with Crippen LogP contribution >= 0.6 is 46.4 Å². The van der Waals surface area contributed by atoms with Crippen molar-refractivity contribution in [1.29, 1.82) is 0 Å². The summed E-state index contributed by atoms with van der Waals surface area (Å²) >= 11 is 24.4. The number of nitrogens with one attached hydrogen (secondary N) is 1. The molecule has 0 aliphatic carbocycles. The molecule has 3 aromatic carbocycles. The van der Waals surface area contributed by atoms with Crippen LogP contribution in [-0.2, 0) is 13.2 Å². The van der Waals surface area contributed by atoms with E-state index in [0.717, 1.165) is 22.6 Å². The van der Waals surface area contributed by atoms with Gasteiger partial charge in [0.2, 0.25) is 0 Å². The third-order valence-corrected chi connectivity index (χ3v) is 5.26. The molecule has 0 heterocycles. The van der Waals surface area contributed by atoms with Gasteiger partial charge < -0.3 is 10.1 Å². The molecule has 3 rings (SSSR count). The van der Waals surface area contributed by atoms with Gasteiger partial charge >= 0.3 is 0 Å². The minimum absolute atomic E-state index is 0.294. The summed E-state index contributed by atoms with van der Waals surface area (Å²) in [4.78, 5) is 0. The van der Waals surface area contributed by atoms with Gasteiger partial charge in [0.15, 0.2) is 0 Å². The molecular formula is C20H15Cl4NO. The Morgan fingerprint density at radius 3 is 2.19 bits per heavy atom. The highest BCUT2D eigenvalue weighted by molar-refractivity contribution is 6.42. The summed E-state index contributed by atoms with van der Waals surface area (Å²) in [5.41, 5.74) is 2.65. The van der Waals surface area contributed by atoms with Crippen LogP contribution in [0.2, 0.25) is 20.1 Å². The zero-order valence-electron chi connectivity index (χ0n) is 13.6. The number of hydrogen-bond acceptors (Lipinski definition) is 2. The average molecular weight is 427 g/mol. The largest absolute Gasteiger partial charge is 0.488 e. The summed E-state index contributed by atoms with van der Waals surface area (Å²) < 4.78 is 5.96. The molecule has 0 amide bonds. The van der Waals surface area contributed by atoms with Crippen molar-refractivity contribution in [2.45, 2.75) is 13.2 Å². The lowest BCUT2D eigenvalue weighted by Crippen LogP contribution is -2.04. The van der Waals surface area contributed by atoms with E-state index in [-0.39, 0.29) is 0 Å². The molecule has 134 valence electrons. The summed E-state index contributed by atoms with van der Waals surface area (Å²) in [6.45, 7) is 0.868. The van der Waals surface area contributed by atoms with E-state index in [9.17, 15) is 0 Å². The highest BCUT2D eigenvalue weighted by atomic mass is 35.5. The van der Waals surface area contributed by atoms with Crippen molar-refractivity contribution in [3.8, 4) is 5.75 Å². The number of anilines is 1. The summed E-state index contributed by atoms with van der Waals surface area (Å²) in [7, 11) is 0. The lowest BCUT2D eigenvalue weighted by Gasteiger charge is -2.14. The van der Waals surface area contributed by atoms with Gasteiger partial charge in [0, 0.05) is 33.4 Å². The van der Waals surface area contributed by atoms with Gasteiger partial charge in [0.1, 0.15) is 12.4 Å². The van der Waals surface area contributed by atoms with Crippen LogP contribution in [0.25, 0.3) is 0 Å². The Labute approximate surface area is 172 Å². The smallest absolute Gasteiger partial charge is 0.124 e. The van der Waals surface area contributed by atoms with E-state index in [1.165, 1.54) is 0 Å². The fourth-order valence-corrected chi connectivity index (χ4v) is 3.22. The first-order valence-corrected chi connectivity index (χ1v) is 9.38. The maximum Gasteiger partial charge on any atom is 0.124 e. The first kappa shape index (κ1) is 19.2. The van der Waals surface area contributed by atoms with Crippen molar-refractivity contribution < 1.29 is 4.74 Å². The molecule has 0 saturated heterocycles. The fourth-order valence-electron chi connectivity index (χ4n) is 2.41. The van der Waals surface area contributed by atoms with Crippen molar-refractivity contribution in [3.05, 3.63) is 91.9 Å². The molecule has 0 spiro atoms. The van der Waals surface area contributed by atoms with E-state index in [2.05, 4.69) is 5.32 Å². The normalized spacial score (nSPS) is 10.6. The second-order valence-corrected chi connectivity index (χ2v) is 7.21. The van der Waals surface area contributed by atoms with Crippen molar-refractivity contribution >= 4 is 52.1 Å². The number of ether oxygens (including phenoxy) is 1. The highest BCUT2D eigenvalue weighted by Crippen LogP contribution is 2.28. The average Bonchev–Trinajstić information content (AvgIpc) is 2.63. The number of para-hydroxylation sites is 1. The molecule has 6 heteroatoms. The van der Waals surface area contributed by atoms with Crippen molar-refractivity contribution in [2.24, 2.45) is 0 Å². The predicted molar refractivity (Wildman–Crippen MR) is 111 cm³/mol. The van der Waals surface area contributed by atoms with Crippen molar-refractivity contribution in [2.75, 3.05) is 5.32 Å². The monoisotopic (exact) mass is 425 g/mol. The Balaban J connectivity index is 1.71. The quantitative estimate of drug-likeness (QED) is 0.440. The molecule has 0 aromatic heterocycles. The molecule has 0 bridgehead atoms. The van der Waals surface area contributed by atoms with Gasteiger partial charge in [0.05, 0.1) is 10.0 Å². The van der Waals surface area contributed by atoms with Gasteiger partial charge in [-0.1, -0.05) is 70.7 Å². The molecule has 26 heavy (non-hydrogen) atoms. The molecular weight excluding hydrogens is 412 g/mol. The van der Waals surface area contributed by atoms with Crippen LogP contribution in [0.15, 0.2) is 60.7 Å². The van der Waals surface area contributed by atoms with Crippen LogP contribution < -0.4 is 10.1 Å². The second-order valence-electron chi connectivity index (χ2n) is 5.58. The minimum Gasteiger partial charge on any atom is -0.488 e. The molecule has 0 atom stereocenters. The molecule has 1 N–H and O–H groups in total. The van der Waals surface area contributed by atoms with E-state index in [1.807, 2.05) is 36.4 Å². The Morgan fingerprint density at radius 2 is 1.46 bits per heavy atom. The first-order chi connectivity index (χ1) is 12.5. The fraction of sp³-hybridized carbons (Fsp3) is 0.100. The molecule has 0 fully saturated rings. The van der Waals surface area contributed by atoms with E-state index in [1.54, 1.807) is 24.3 Å². The molecule has 0 radical (unpaired) electrons. The van der Waals surface area contributed by atoms with Crippen LogP contribution in [-0.4, -0.2) is 0 Å². The number of rotatable bonds is 6. The van der Waals surface area contributed by atoms with Gasteiger partial charge in [0.25, 0.3) is 0 Å². The van der Waals surface area contributed by atoms with Gasteiger partial charge in [-0.15, -0.1) is 0 Å². The maximum absolute atomic E-state index is 6.20. The highest BCUT2D eigenvalue weighted by Gasteiger charge is 2.09. The zero-order valence-corrected chi connectivity index (χ0v) is 16.6. The Morgan fingerprint density at radius 1 is 0.731 bits per heavy atom. The molecule has 0 aliphatic rings. The summed E-state index contributed by atoms with van der Waals surface area (Å²) in [5.74, 6) is 0.760. The van der Waals surface area contributed by atoms with E-state index < -0.39 is 0 Å². The molecule has 0 saturated carbocycles. The third kappa shape index (κ3) is 4.77. The van der Waals surface area contributed by atoms with E-state index in [4.69, 9.17) is 51.1 Å². The van der Waals surface area contributed by atoms with Gasteiger partial charge in [-0.2, -0.15) is 0 Å². The van der Waals surface area contributed by atoms with Crippen molar-refractivity contribution in [1.82, 2.24) is 0 Å². The van der Waals surface area contributed by atoms with Crippen LogP contribution in [0.3, 0.4) is 0 Å². The van der Waals surface area contributed by atoms with Crippen LogP contribution in [0, 0.1) is 0 Å². The lowest BCUT2D eigenvalue weighted by atomic mass is 10.2. The molecule has 0 unspecified atom stereocenters. The standard InChI is InChI=1S/C20H15Cl4NO/c21-16-5-3-6-17(22)15(16)12-26-20-7-2-1-4-13(20)11-25-14-8-9-18(23)19(24)10-14/h1-10,25H,11-12H2. The summed E-state index contributed by atoms with van der Waals surface area (Å²) in [5, 5.41) is 5.52. The first-order valence-electron chi connectivity index (χ1n) is 7.87. The number of benzene rings is 3. The van der Waals surface area contributed by atoms with Gasteiger partial charge in [-0.3, -0.25) is 0 Å². The summed E-state index contributed by atoms with van der Waals surface area (Å²) in [6, 6.07) is 18.6. The number of hydrogen-bond donors (Lipinski definition) is 1. The van der Waals surface area contributed by atoms with Crippen LogP contribution in [0.1, 0.15) is 11.1 Å². The summed E-state index contributed by atoms with van der Waals surface area (Å²) in [6.07, 6.45) is 0. The SMILES string of the molecule is Clc1ccc(NCc2ccccc2OCc2c(Cl)cccc2Cl)cc1Cl. The Hall–Kier alpha value is -1.58. The maximum atomic E-state index is 6.20.